The number of hydrogen-bond donors (Lipinski definition) is 1. The normalized spacial score (nSPS) is 23.3. The van der Waals surface area contributed by atoms with Gasteiger partial charge in [-0.25, -0.2) is 0 Å². The summed E-state index contributed by atoms with van der Waals surface area (Å²) in [6, 6.07) is 0. The molecular weight excluding hydrogens is 196 g/mol. The largest absolute Gasteiger partial charge is 0.376 e. The minimum Gasteiger partial charge on any atom is -0.376 e. The minimum absolute atomic E-state index is 0.102. The molecule has 0 bridgehead atoms. The van der Waals surface area contributed by atoms with Crippen LogP contribution in [0.15, 0.2) is 0 Å². The number of rotatable bonds is 3. The van der Waals surface area contributed by atoms with Gasteiger partial charge in [0, 0.05) is 19.6 Å². The summed E-state index contributed by atoms with van der Waals surface area (Å²) in [4.78, 5) is 13.6. The highest BCUT2D eigenvalue weighted by Gasteiger charge is 2.22. The third-order valence-corrected chi connectivity index (χ3v) is 2.74. The molecule has 0 radical (unpaired) electrons. The van der Waals surface area contributed by atoms with Crippen molar-refractivity contribution in [2.45, 2.75) is 12.5 Å². The number of nitrogens with one attached hydrogen (secondary N) is 1. The van der Waals surface area contributed by atoms with E-state index in [1.54, 1.807) is 0 Å². The molecular formula is C10H18N2O3. The van der Waals surface area contributed by atoms with E-state index in [2.05, 4.69) is 5.32 Å². The fraction of sp³-hybridized carbons (Fsp3) is 0.900. The topological polar surface area (TPSA) is 50.8 Å². The maximum absolute atomic E-state index is 11.7. The number of amides is 1. The Hall–Kier alpha value is -0.650. The maximum Gasteiger partial charge on any atom is 0.248 e. The van der Waals surface area contributed by atoms with Gasteiger partial charge in [-0.2, -0.15) is 0 Å². The highest BCUT2D eigenvalue weighted by molar-refractivity contribution is 5.77. The molecule has 2 fully saturated rings. The third-order valence-electron chi connectivity index (χ3n) is 2.74. The summed E-state index contributed by atoms with van der Waals surface area (Å²) in [7, 11) is 0. The van der Waals surface area contributed by atoms with E-state index in [4.69, 9.17) is 9.47 Å². The summed E-state index contributed by atoms with van der Waals surface area (Å²) < 4.78 is 10.4. The summed E-state index contributed by atoms with van der Waals surface area (Å²) in [6.07, 6.45) is 1.16. The van der Waals surface area contributed by atoms with Gasteiger partial charge in [-0.15, -0.1) is 0 Å². The van der Waals surface area contributed by atoms with E-state index in [0.29, 0.717) is 13.2 Å². The third kappa shape index (κ3) is 3.15. The summed E-state index contributed by atoms with van der Waals surface area (Å²) >= 11 is 0. The molecule has 0 spiro atoms. The zero-order valence-electron chi connectivity index (χ0n) is 8.91. The second kappa shape index (κ2) is 5.44. The van der Waals surface area contributed by atoms with Gasteiger partial charge in [0.15, 0.2) is 0 Å². The molecule has 0 saturated carbocycles. The monoisotopic (exact) mass is 214 g/mol. The van der Waals surface area contributed by atoms with Crippen LogP contribution in [-0.2, 0) is 14.3 Å². The summed E-state index contributed by atoms with van der Waals surface area (Å²) in [5.41, 5.74) is 0. The maximum atomic E-state index is 11.7. The van der Waals surface area contributed by atoms with Crippen LogP contribution in [0.4, 0.5) is 0 Å². The van der Waals surface area contributed by atoms with Crippen LogP contribution in [0.25, 0.3) is 0 Å². The lowest BCUT2D eigenvalue weighted by atomic mass is 10.3. The fourth-order valence-electron chi connectivity index (χ4n) is 1.69. The molecule has 5 nitrogen and oxygen atoms in total. The van der Waals surface area contributed by atoms with Crippen molar-refractivity contribution in [2.75, 3.05) is 46.0 Å². The van der Waals surface area contributed by atoms with Gasteiger partial charge in [0.2, 0.25) is 5.91 Å². The Bertz CT molecular complexity index is 211. The lowest BCUT2D eigenvalue weighted by molar-refractivity contribution is -0.155. The standard InChI is InChI=1S/C10H18N2O3/c13-10(8-15-9-6-14-7-9)12-4-1-2-11-3-5-12/h9,11H,1-8H2. The van der Waals surface area contributed by atoms with Crippen LogP contribution in [0.2, 0.25) is 0 Å². The second-order valence-corrected chi connectivity index (χ2v) is 3.95. The van der Waals surface area contributed by atoms with Gasteiger partial charge in [-0.1, -0.05) is 0 Å². The molecule has 15 heavy (non-hydrogen) atoms. The number of carbonyl (C=O) groups excluding carboxylic acids is 1. The molecule has 0 aromatic heterocycles. The Morgan fingerprint density at radius 1 is 1.40 bits per heavy atom. The molecule has 2 heterocycles. The van der Waals surface area contributed by atoms with Gasteiger partial charge in [-0.3, -0.25) is 4.79 Å². The van der Waals surface area contributed by atoms with Crippen LogP contribution in [0.3, 0.4) is 0 Å². The second-order valence-electron chi connectivity index (χ2n) is 3.95. The molecule has 0 aromatic carbocycles. The van der Waals surface area contributed by atoms with Crippen LogP contribution in [0.5, 0.6) is 0 Å². The Morgan fingerprint density at radius 3 is 3.00 bits per heavy atom. The molecule has 2 rings (SSSR count). The summed E-state index contributed by atoms with van der Waals surface area (Å²) in [6.45, 7) is 5.00. The van der Waals surface area contributed by atoms with E-state index in [1.165, 1.54) is 0 Å². The van der Waals surface area contributed by atoms with Crippen molar-refractivity contribution < 1.29 is 14.3 Å². The van der Waals surface area contributed by atoms with Crippen LogP contribution in [-0.4, -0.2) is 62.9 Å². The molecule has 0 unspecified atom stereocenters. The molecule has 0 atom stereocenters. The Morgan fingerprint density at radius 2 is 2.27 bits per heavy atom. The molecule has 2 aliphatic heterocycles. The highest BCUT2D eigenvalue weighted by Crippen LogP contribution is 2.06. The predicted octanol–water partition coefficient (Wildman–Crippen LogP) is -0.776. The van der Waals surface area contributed by atoms with Gasteiger partial charge < -0.3 is 19.7 Å². The number of ether oxygens (including phenoxy) is 2. The Balaban J connectivity index is 1.68. The number of carbonyl (C=O) groups is 1. The SMILES string of the molecule is O=C(COC1COC1)N1CCCNCC1. The molecule has 0 aliphatic carbocycles. The van der Waals surface area contributed by atoms with E-state index in [1.807, 2.05) is 4.90 Å². The molecule has 1 N–H and O–H groups in total. The van der Waals surface area contributed by atoms with Crippen molar-refractivity contribution in [3.63, 3.8) is 0 Å². The lowest BCUT2D eigenvalue weighted by Gasteiger charge is -2.27. The van der Waals surface area contributed by atoms with Gasteiger partial charge in [-0.05, 0) is 13.0 Å². The van der Waals surface area contributed by atoms with Gasteiger partial charge in [0.1, 0.15) is 12.7 Å². The van der Waals surface area contributed by atoms with Gasteiger partial charge in [0.25, 0.3) is 0 Å². The van der Waals surface area contributed by atoms with Crippen molar-refractivity contribution in [2.24, 2.45) is 0 Å². The Labute approximate surface area is 89.7 Å². The molecule has 0 aromatic rings. The quantitative estimate of drug-likeness (QED) is 0.670. The van der Waals surface area contributed by atoms with Gasteiger partial charge in [0.05, 0.1) is 13.2 Å². The van der Waals surface area contributed by atoms with Crippen LogP contribution >= 0.6 is 0 Å². The van der Waals surface area contributed by atoms with E-state index in [0.717, 1.165) is 32.6 Å². The molecule has 5 heteroatoms. The van der Waals surface area contributed by atoms with Crippen LogP contribution in [0, 0.1) is 0 Å². The minimum atomic E-state index is 0.102. The average molecular weight is 214 g/mol. The first-order valence-electron chi connectivity index (χ1n) is 5.54. The zero-order chi connectivity index (χ0) is 10.5. The van der Waals surface area contributed by atoms with Gasteiger partial charge >= 0.3 is 0 Å². The van der Waals surface area contributed by atoms with Crippen molar-refractivity contribution in [1.29, 1.82) is 0 Å². The van der Waals surface area contributed by atoms with Crippen LogP contribution < -0.4 is 5.32 Å². The van der Waals surface area contributed by atoms with Crippen molar-refractivity contribution in [3.8, 4) is 0 Å². The van der Waals surface area contributed by atoms with E-state index in [9.17, 15) is 4.79 Å². The first-order chi connectivity index (χ1) is 7.36. The highest BCUT2D eigenvalue weighted by atomic mass is 16.6. The molecule has 2 aliphatic rings. The number of hydrogen-bond acceptors (Lipinski definition) is 4. The van der Waals surface area contributed by atoms with E-state index in [-0.39, 0.29) is 18.6 Å². The average Bonchev–Trinajstić information content (AvgIpc) is 2.43. The molecule has 2 saturated heterocycles. The number of nitrogens with zero attached hydrogens (tertiary/aromatic N) is 1. The molecule has 86 valence electrons. The smallest absolute Gasteiger partial charge is 0.248 e. The van der Waals surface area contributed by atoms with Crippen molar-refractivity contribution >= 4 is 5.91 Å². The zero-order valence-corrected chi connectivity index (χ0v) is 8.91. The van der Waals surface area contributed by atoms with Crippen molar-refractivity contribution in [3.05, 3.63) is 0 Å². The van der Waals surface area contributed by atoms with Crippen molar-refractivity contribution in [1.82, 2.24) is 10.2 Å². The summed E-state index contributed by atoms with van der Waals surface area (Å²) in [5, 5.41) is 3.26. The Kier molecular flexibility index (Phi) is 3.94. The molecule has 1 amide bonds. The lowest BCUT2D eigenvalue weighted by Crippen LogP contribution is -2.41. The van der Waals surface area contributed by atoms with E-state index >= 15 is 0 Å². The first kappa shape index (κ1) is 10.9. The predicted molar refractivity (Wildman–Crippen MR) is 54.6 cm³/mol. The fourth-order valence-corrected chi connectivity index (χ4v) is 1.69. The van der Waals surface area contributed by atoms with E-state index < -0.39 is 0 Å². The first-order valence-corrected chi connectivity index (χ1v) is 5.54. The summed E-state index contributed by atoms with van der Waals surface area (Å²) in [5.74, 6) is 0.102. The van der Waals surface area contributed by atoms with Crippen LogP contribution in [0.1, 0.15) is 6.42 Å².